The highest BCUT2D eigenvalue weighted by Gasteiger charge is 2.12. The summed E-state index contributed by atoms with van der Waals surface area (Å²) < 4.78 is 5.18. The second-order valence-electron chi connectivity index (χ2n) is 5.08. The maximum Gasteiger partial charge on any atom is 0.233 e. The maximum atomic E-state index is 11.9. The van der Waals surface area contributed by atoms with Gasteiger partial charge >= 0.3 is 0 Å². The van der Waals surface area contributed by atoms with Gasteiger partial charge in [0, 0.05) is 13.1 Å². The van der Waals surface area contributed by atoms with Gasteiger partial charge in [0.1, 0.15) is 12.2 Å². The largest absolute Gasteiger partial charge is 0.495 e. The van der Waals surface area contributed by atoms with Crippen molar-refractivity contribution in [3.63, 3.8) is 0 Å². The first kappa shape index (κ1) is 17.0. The van der Waals surface area contributed by atoms with Crippen molar-refractivity contribution in [2.24, 2.45) is 0 Å². The van der Waals surface area contributed by atoms with Crippen LogP contribution in [0.3, 0.4) is 0 Å². The third-order valence-corrected chi connectivity index (χ3v) is 2.83. The number of methoxy groups -OCH3 is 1. The summed E-state index contributed by atoms with van der Waals surface area (Å²) in [4.78, 5) is 25.4. The summed E-state index contributed by atoms with van der Waals surface area (Å²) in [6.07, 6.45) is -0.204. The first-order valence-electron chi connectivity index (χ1n) is 6.78. The number of hydrogen-bond donors (Lipinski definition) is 2. The molecule has 1 rings (SSSR count). The summed E-state index contributed by atoms with van der Waals surface area (Å²) in [6, 6.07) is 5.48. The van der Waals surface area contributed by atoms with E-state index in [1.54, 1.807) is 12.1 Å². The summed E-state index contributed by atoms with van der Waals surface area (Å²) >= 11 is 0. The molecule has 6 nitrogen and oxygen atoms in total. The van der Waals surface area contributed by atoms with Gasteiger partial charge in [0.05, 0.1) is 12.8 Å². The Kier molecular flexibility index (Phi) is 6.68. The fourth-order valence-electron chi connectivity index (χ4n) is 1.74. The molecule has 0 heterocycles. The zero-order valence-corrected chi connectivity index (χ0v) is 13.0. The number of benzene rings is 1. The Labute approximate surface area is 125 Å². The van der Waals surface area contributed by atoms with Gasteiger partial charge in [-0.1, -0.05) is 6.07 Å². The Hall–Kier alpha value is -2.08. The minimum absolute atomic E-state index is 0.204. The minimum Gasteiger partial charge on any atom is -0.495 e. The number of nitrogens with zero attached hydrogens (tertiary/aromatic N) is 1. The predicted octanol–water partition coefficient (Wildman–Crippen LogP) is 1.01. The van der Waals surface area contributed by atoms with Crippen molar-refractivity contribution in [3.8, 4) is 5.75 Å². The highest BCUT2D eigenvalue weighted by molar-refractivity contribution is 6.04. The highest BCUT2D eigenvalue weighted by Crippen LogP contribution is 2.25. The Morgan fingerprint density at radius 1 is 1.24 bits per heavy atom. The fourth-order valence-corrected chi connectivity index (χ4v) is 1.74. The molecule has 0 saturated carbocycles. The number of hydrogen-bond acceptors (Lipinski definition) is 4. The Morgan fingerprint density at radius 3 is 2.57 bits per heavy atom. The van der Waals surface area contributed by atoms with Crippen LogP contribution in [0.15, 0.2) is 18.2 Å². The molecular weight excluding hydrogens is 270 g/mol. The lowest BCUT2D eigenvalue weighted by molar-refractivity contribution is -0.126. The van der Waals surface area contributed by atoms with Gasteiger partial charge in [0.25, 0.3) is 0 Å². The molecule has 0 aliphatic heterocycles. The number of carbonyl (C=O) groups excluding carboxylic acids is 2. The van der Waals surface area contributed by atoms with Crippen LogP contribution in [0.1, 0.15) is 12.0 Å². The van der Waals surface area contributed by atoms with Crippen LogP contribution in [-0.2, 0) is 9.59 Å². The van der Waals surface area contributed by atoms with Crippen molar-refractivity contribution >= 4 is 17.5 Å². The van der Waals surface area contributed by atoms with E-state index in [0.717, 1.165) is 12.1 Å². The van der Waals surface area contributed by atoms with Crippen molar-refractivity contribution in [1.82, 2.24) is 10.2 Å². The molecule has 1 aromatic carbocycles. The Morgan fingerprint density at radius 2 is 1.95 bits per heavy atom. The van der Waals surface area contributed by atoms with Gasteiger partial charge in [0.15, 0.2) is 0 Å². The molecule has 0 fully saturated rings. The number of ether oxygens (including phenoxy) is 1. The number of amides is 2. The summed E-state index contributed by atoms with van der Waals surface area (Å²) in [5.41, 5.74) is 1.57. The molecule has 2 amide bonds. The first-order valence-corrected chi connectivity index (χ1v) is 6.78. The van der Waals surface area contributed by atoms with Gasteiger partial charge in [-0.3, -0.25) is 9.59 Å². The SMILES string of the molecule is COc1ccc(C)cc1NC(=O)CC(=O)NCCN(C)C. The van der Waals surface area contributed by atoms with E-state index in [4.69, 9.17) is 4.74 Å². The second-order valence-corrected chi connectivity index (χ2v) is 5.08. The van der Waals surface area contributed by atoms with E-state index < -0.39 is 0 Å². The van der Waals surface area contributed by atoms with Crippen LogP contribution in [0.25, 0.3) is 0 Å². The molecule has 0 aliphatic carbocycles. The van der Waals surface area contributed by atoms with Crippen molar-refractivity contribution in [2.75, 3.05) is 39.6 Å². The third-order valence-electron chi connectivity index (χ3n) is 2.83. The molecular formula is C15H23N3O3. The molecule has 0 aliphatic rings. The highest BCUT2D eigenvalue weighted by atomic mass is 16.5. The second kappa shape index (κ2) is 8.26. The zero-order valence-electron chi connectivity index (χ0n) is 13.0. The number of nitrogens with one attached hydrogen (secondary N) is 2. The average molecular weight is 293 g/mol. The lowest BCUT2D eigenvalue weighted by Gasteiger charge is -2.12. The topological polar surface area (TPSA) is 70.7 Å². The van der Waals surface area contributed by atoms with E-state index in [2.05, 4.69) is 10.6 Å². The summed E-state index contributed by atoms with van der Waals surface area (Å²) in [7, 11) is 5.38. The Bertz CT molecular complexity index is 501. The van der Waals surface area contributed by atoms with Gasteiger partial charge < -0.3 is 20.3 Å². The first-order chi connectivity index (χ1) is 9.92. The van der Waals surface area contributed by atoms with Gasteiger partial charge in [0.2, 0.25) is 11.8 Å². The molecule has 0 spiro atoms. The average Bonchev–Trinajstić information content (AvgIpc) is 2.38. The fraction of sp³-hybridized carbons (Fsp3) is 0.467. The van der Waals surface area contributed by atoms with Crippen LogP contribution in [0.4, 0.5) is 5.69 Å². The van der Waals surface area contributed by atoms with E-state index in [1.165, 1.54) is 7.11 Å². The van der Waals surface area contributed by atoms with Gasteiger partial charge in [-0.2, -0.15) is 0 Å². The summed E-state index contributed by atoms with van der Waals surface area (Å²) in [6.45, 7) is 3.18. The molecule has 0 aromatic heterocycles. The van der Waals surface area contributed by atoms with Crippen LogP contribution in [0, 0.1) is 6.92 Å². The van der Waals surface area contributed by atoms with Gasteiger partial charge in [-0.25, -0.2) is 0 Å². The molecule has 21 heavy (non-hydrogen) atoms. The normalized spacial score (nSPS) is 10.3. The number of aryl methyl sites for hydroxylation is 1. The van der Waals surface area contributed by atoms with Gasteiger partial charge in [-0.05, 0) is 38.7 Å². The van der Waals surface area contributed by atoms with E-state index in [1.807, 2.05) is 32.0 Å². The third kappa shape index (κ3) is 6.27. The maximum absolute atomic E-state index is 11.9. The number of carbonyl (C=O) groups is 2. The molecule has 6 heteroatoms. The molecule has 116 valence electrons. The van der Waals surface area contributed by atoms with Crippen LogP contribution in [-0.4, -0.2) is 51.0 Å². The van der Waals surface area contributed by atoms with Crippen molar-refractivity contribution in [1.29, 1.82) is 0 Å². The standard InChI is InChI=1S/C15H23N3O3/c1-11-5-6-13(21-4)12(9-11)17-15(20)10-14(19)16-7-8-18(2)3/h5-6,9H,7-8,10H2,1-4H3,(H,16,19)(H,17,20). The smallest absolute Gasteiger partial charge is 0.233 e. The van der Waals surface area contributed by atoms with Crippen LogP contribution >= 0.6 is 0 Å². The van der Waals surface area contributed by atoms with Crippen molar-refractivity contribution < 1.29 is 14.3 Å². The van der Waals surface area contributed by atoms with Crippen LogP contribution in [0.2, 0.25) is 0 Å². The van der Waals surface area contributed by atoms with E-state index in [9.17, 15) is 9.59 Å². The van der Waals surface area contributed by atoms with Crippen LogP contribution in [0.5, 0.6) is 5.75 Å². The van der Waals surface area contributed by atoms with Crippen LogP contribution < -0.4 is 15.4 Å². The zero-order chi connectivity index (χ0) is 15.8. The monoisotopic (exact) mass is 293 g/mol. The van der Waals surface area contributed by atoms with E-state index in [0.29, 0.717) is 18.0 Å². The molecule has 1 aromatic rings. The minimum atomic E-state index is -0.360. The molecule has 0 saturated heterocycles. The molecule has 0 unspecified atom stereocenters. The number of rotatable bonds is 7. The molecule has 2 N–H and O–H groups in total. The Balaban J connectivity index is 2.50. The lowest BCUT2D eigenvalue weighted by Crippen LogP contribution is -2.33. The van der Waals surface area contributed by atoms with Gasteiger partial charge in [-0.15, -0.1) is 0 Å². The molecule has 0 bridgehead atoms. The summed E-state index contributed by atoms with van der Waals surface area (Å²) in [5, 5.41) is 5.40. The molecule has 0 radical (unpaired) electrons. The predicted molar refractivity (Wildman–Crippen MR) is 82.5 cm³/mol. The lowest BCUT2D eigenvalue weighted by atomic mass is 10.2. The number of anilines is 1. The summed E-state index contributed by atoms with van der Waals surface area (Å²) in [5.74, 6) is -0.0795. The van der Waals surface area contributed by atoms with Crippen molar-refractivity contribution in [3.05, 3.63) is 23.8 Å². The van der Waals surface area contributed by atoms with E-state index >= 15 is 0 Å². The quantitative estimate of drug-likeness (QED) is 0.736. The van der Waals surface area contributed by atoms with E-state index in [-0.39, 0.29) is 18.2 Å². The molecule has 0 atom stereocenters. The number of likely N-dealkylation sites (N-methyl/N-ethyl adjacent to an activating group) is 1. The van der Waals surface area contributed by atoms with Crippen molar-refractivity contribution in [2.45, 2.75) is 13.3 Å².